The number of carbonyl (C=O) groups is 1. The molecule has 3 N–H and O–H groups in total. The van der Waals surface area contributed by atoms with Crippen molar-refractivity contribution in [3.8, 4) is 0 Å². The second-order valence-electron chi connectivity index (χ2n) is 5.22. The number of fused-ring (bicyclic) bond motifs is 1. The van der Waals surface area contributed by atoms with E-state index in [2.05, 4.69) is 5.32 Å². The minimum absolute atomic E-state index is 0.00261. The van der Waals surface area contributed by atoms with Crippen molar-refractivity contribution in [3.63, 3.8) is 0 Å². The number of carbonyl (C=O) groups excluding carboxylic acids is 1. The van der Waals surface area contributed by atoms with Crippen molar-refractivity contribution in [1.82, 2.24) is 0 Å². The minimum Gasteiger partial charge on any atom is -0.396 e. The lowest BCUT2D eigenvalue weighted by molar-refractivity contribution is -0.117. The summed E-state index contributed by atoms with van der Waals surface area (Å²) in [4.78, 5) is 13.7. The first-order valence-electron chi connectivity index (χ1n) is 6.92. The Morgan fingerprint density at radius 1 is 1.30 bits per heavy atom. The summed E-state index contributed by atoms with van der Waals surface area (Å²) >= 11 is 1.63. The third kappa shape index (κ3) is 2.31. The van der Waals surface area contributed by atoms with Gasteiger partial charge < -0.3 is 11.1 Å². The second-order valence-corrected chi connectivity index (χ2v) is 6.33. The Morgan fingerprint density at radius 2 is 2.05 bits per heavy atom. The van der Waals surface area contributed by atoms with E-state index in [0.29, 0.717) is 0 Å². The highest BCUT2D eigenvalue weighted by molar-refractivity contribution is 7.17. The fourth-order valence-electron chi connectivity index (χ4n) is 2.63. The van der Waals surface area contributed by atoms with Crippen LogP contribution in [0.25, 0.3) is 0 Å². The summed E-state index contributed by atoms with van der Waals surface area (Å²) in [6, 6.07) is 9.81. The number of hydrogen-bond acceptors (Lipinski definition) is 3. The van der Waals surface area contributed by atoms with E-state index in [9.17, 15) is 4.79 Å². The van der Waals surface area contributed by atoms with Gasteiger partial charge in [-0.1, -0.05) is 30.3 Å². The second kappa shape index (κ2) is 5.29. The number of hydrogen-bond donors (Lipinski definition) is 2. The van der Waals surface area contributed by atoms with Crippen molar-refractivity contribution >= 4 is 27.9 Å². The first kappa shape index (κ1) is 13.2. The molecule has 20 heavy (non-hydrogen) atoms. The van der Waals surface area contributed by atoms with E-state index >= 15 is 0 Å². The maximum Gasteiger partial charge on any atom is 0.232 e. The predicted molar refractivity (Wildman–Crippen MR) is 84.2 cm³/mol. The Bertz CT molecular complexity index is 633. The molecule has 0 aliphatic heterocycles. The van der Waals surface area contributed by atoms with Crippen LogP contribution in [0.5, 0.6) is 0 Å². The molecule has 0 radical (unpaired) electrons. The van der Waals surface area contributed by atoms with Crippen molar-refractivity contribution in [3.05, 3.63) is 46.3 Å². The van der Waals surface area contributed by atoms with Crippen LogP contribution < -0.4 is 11.1 Å². The number of nitrogens with two attached hydrogens (primary N) is 1. The molecule has 0 bridgehead atoms. The fraction of sp³-hybridized carbons (Fsp3) is 0.312. The molecular weight excluding hydrogens is 268 g/mol. The van der Waals surface area contributed by atoms with Crippen LogP contribution in [0.15, 0.2) is 30.3 Å². The van der Waals surface area contributed by atoms with Crippen LogP contribution in [-0.2, 0) is 17.6 Å². The normalized spacial score (nSPS) is 14.8. The molecule has 1 atom stereocenters. The fourth-order valence-corrected chi connectivity index (χ4v) is 3.85. The lowest BCUT2D eigenvalue weighted by Crippen LogP contribution is -2.18. The molecule has 0 saturated carbocycles. The highest BCUT2D eigenvalue weighted by Gasteiger charge is 2.23. The molecule has 3 rings (SSSR count). The van der Waals surface area contributed by atoms with Gasteiger partial charge in [-0.25, -0.2) is 0 Å². The number of amides is 1. The summed E-state index contributed by atoms with van der Waals surface area (Å²) in [5.74, 6) is -0.171. The molecule has 1 amide bonds. The number of rotatable bonds is 3. The van der Waals surface area contributed by atoms with Crippen LogP contribution in [0.3, 0.4) is 0 Å². The van der Waals surface area contributed by atoms with Gasteiger partial charge in [-0.05, 0) is 37.3 Å². The summed E-state index contributed by atoms with van der Waals surface area (Å²) in [5, 5.41) is 3.81. The van der Waals surface area contributed by atoms with E-state index in [1.165, 1.54) is 16.9 Å². The van der Waals surface area contributed by atoms with Gasteiger partial charge in [0.2, 0.25) is 5.91 Å². The third-order valence-electron chi connectivity index (χ3n) is 3.89. The van der Waals surface area contributed by atoms with E-state index in [-0.39, 0.29) is 11.8 Å². The van der Waals surface area contributed by atoms with Crippen molar-refractivity contribution in [1.29, 1.82) is 0 Å². The van der Waals surface area contributed by atoms with Gasteiger partial charge in [0.15, 0.2) is 0 Å². The summed E-state index contributed by atoms with van der Waals surface area (Å²) < 4.78 is 0. The molecule has 1 aliphatic carbocycles. The number of thiophene rings is 1. The Balaban J connectivity index is 1.76. The molecule has 0 fully saturated rings. The van der Waals surface area contributed by atoms with Gasteiger partial charge in [0.05, 0.1) is 11.6 Å². The van der Waals surface area contributed by atoms with Crippen LogP contribution in [-0.4, -0.2) is 5.91 Å². The Kier molecular flexibility index (Phi) is 3.49. The minimum atomic E-state index is -0.174. The molecular formula is C16H18N2OS. The van der Waals surface area contributed by atoms with Gasteiger partial charge in [-0.2, -0.15) is 0 Å². The maximum atomic E-state index is 12.3. The van der Waals surface area contributed by atoms with Crippen molar-refractivity contribution in [2.45, 2.75) is 32.1 Å². The van der Waals surface area contributed by atoms with Crippen molar-refractivity contribution < 1.29 is 4.79 Å². The van der Waals surface area contributed by atoms with Gasteiger partial charge in [0.1, 0.15) is 5.00 Å². The van der Waals surface area contributed by atoms with E-state index in [4.69, 9.17) is 5.73 Å². The number of anilines is 2. The molecule has 4 heteroatoms. The van der Waals surface area contributed by atoms with Gasteiger partial charge >= 0.3 is 0 Å². The highest BCUT2D eigenvalue weighted by Crippen LogP contribution is 2.41. The summed E-state index contributed by atoms with van der Waals surface area (Å²) in [6.45, 7) is 1.92. The van der Waals surface area contributed by atoms with Crippen LogP contribution >= 0.6 is 11.3 Å². The smallest absolute Gasteiger partial charge is 0.232 e. The monoisotopic (exact) mass is 286 g/mol. The number of nitrogen functional groups attached to an aromatic ring is 1. The van der Waals surface area contributed by atoms with Crippen molar-refractivity contribution in [2.75, 3.05) is 11.1 Å². The van der Waals surface area contributed by atoms with Crippen LogP contribution in [0, 0.1) is 0 Å². The SMILES string of the molecule is CC(C(=O)Nc1sc2c(c1N)CCC2)c1ccccc1. The van der Waals surface area contributed by atoms with Gasteiger partial charge in [-0.3, -0.25) is 4.79 Å². The number of nitrogens with one attached hydrogen (secondary N) is 1. The summed E-state index contributed by atoms with van der Waals surface area (Å²) in [7, 11) is 0. The molecule has 1 aliphatic rings. The third-order valence-corrected chi connectivity index (χ3v) is 5.11. The lowest BCUT2D eigenvalue weighted by atomic mass is 10.0. The largest absolute Gasteiger partial charge is 0.396 e. The average molecular weight is 286 g/mol. The van der Waals surface area contributed by atoms with Gasteiger partial charge in [0.25, 0.3) is 0 Å². The predicted octanol–water partition coefficient (Wildman–Crippen LogP) is 3.56. The van der Waals surface area contributed by atoms with Crippen LogP contribution in [0.4, 0.5) is 10.7 Å². The zero-order chi connectivity index (χ0) is 14.1. The quantitative estimate of drug-likeness (QED) is 0.906. The Hall–Kier alpha value is -1.81. The van der Waals surface area contributed by atoms with E-state index < -0.39 is 0 Å². The molecule has 0 spiro atoms. The molecule has 0 saturated heterocycles. The van der Waals surface area contributed by atoms with E-state index in [1.807, 2.05) is 37.3 Å². The standard InChI is InChI=1S/C16H18N2OS/c1-10(11-6-3-2-4-7-11)15(19)18-16-14(17)12-8-5-9-13(12)20-16/h2-4,6-7,10H,5,8-9,17H2,1H3,(H,18,19). The molecule has 1 heterocycles. The summed E-state index contributed by atoms with van der Waals surface area (Å²) in [6.07, 6.45) is 3.32. The highest BCUT2D eigenvalue weighted by atomic mass is 32.1. The van der Waals surface area contributed by atoms with Gasteiger partial charge in [-0.15, -0.1) is 11.3 Å². The molecule has 2 aromatic rings. The molecule has 3 nitrogen and oxygen atoms in total. The van der Waals surface area contributed by atoms with Crippen LogP contribution in [0.2, 0.25) is 0 Å². The van der Waals surface area contributed by atoms with E-state index in [1.54, 1.807) is 11.3 Å². The molecule has 1 unspecified atom stereocenters. The first-order chi connectivity index (χ1) is 9.66. The zero-order valence-corrected chi connectivity index (χ0v) is 12.3. The Labute approximate surface area is 122 Å². The van der Waals surface area contributed by atoms with Gasteiger partial charge in [0, 0.05) is 4.88 Å². The average Bonchev–Trinajstić information content (AvgIpc) is 3.03. The molecule has 104 valence electrons. The number of benzene rings is 1. The number of aryl methyl sites for hydroxylation is 1. The zero-order valence-electron chi connectivity index (χ0n) is 11.5. The van der Waals surface area contributed by atoms with Crippen molar-refractivity contribution in [2.24, 2.45) is 0 Å². The maximum absolute atomic E-state index is 12.3. The lowest BCUT2D eigenvalue weighted by Gasteiger charge is -2.12. The summed E-state index contributed by atoms with van der Waals surface area (Å²) in [5.41, 5.74) is 9.18. The van der Waals surface area contributed by atoms with Crippen LogP contribution in [0.1, 0.15) is 35.3 Å². The first-order valence-corrected chi connectivity index (χ1v) is 7.74. The van der Waals surface area contributed by atoms with E-state index in [0.717, 1.165) is 29.1 Å². The topological polar surface area (TPSA) is 55.1 Å². The molecule has 1 aromatic carbocycles. The molecule has 1 aromatic heterocycles. The Morgan fingerprint density at radius 3 is 2.75 bits per heavy atom.